The van der Waals surface area contributed by atoms with Gasteiger partial charge in [-0.05, 0) is 59.3 Å². The Labute approximate surface area is 127 Å². The standard InChI is InChI=1S/C13H17BrN2O3S/c14-10-7-9(3-4-11(10)15)20(17,18)16-12-5-6-19-13(12)8-1-2-8/h3-4,7-8,12-13,16H,1-2,5-6,15H2. The van der Waals surface area contributed by atoms with E-state index in [1.807, 2.05) is 0 Å². The van der Waals surface area contributed by atoms with Crippen LogP contribution in [0.3, 0.4) is 0 Å². The fraction of sp³-hybridized carbons (Fsp3) is 0.538. The molecule has 20 heavy (non-hydrogen) atoms. The van der Waals surface area contributed by atoms with E-state index in [0.29, 0.717) is 22.7 Å². The fourth-order valence-corrected chi connectivity index (χ4v) is 4.41. The van der Waals surface area contributed by atoms with Crippen molar-refractivity contribution in [3.63, 3.8) is 0 Å². The van der Waals surface area contributed by atoms with E-state index in [1.165, 1.54) is 12.1 Å². The summed E-state index contributed by atoms with van der Waals surface area (Å²) in [6.45, 7) is 0.625. The van der Waals surface area contributed by atoms with Crippen molar-refractivity contribution in [3.05, 3.63) is 22.7 Å². The second-order valence-electron chi connectivity index (χ2n) is 5.37. The molecule has 1 saturated heterocycles. The van der Waals surface area contributed by atoms with Crippen molar-refractivity contribution in [1.82, 2.24) is 4.72 Å². The van der Waals surface area contributed by atoms with Gasteiger partial charge in [-0.2, -0.15) is 0 Å². The fourth-order valence-electron chi connectivity index (χ4n) is 2.57. The highest BCUT2D eigenvalue weighted by Gasteiger charge is 2.42. The van der Waals surface area contributed by atoms with Gasteiger partial charge in [0.15, 0.2) is 0 Å². The quantitative estimate of drug-likeness (QED) is 0.803. The molecule has 1 aromatic rings. The third-order valence-electron chi connectivity index (χ3n) is 3.81. The first-order chi connectivity index (χ1) is 9.47. The predicted molar refractivity (Wildman–Crippen MR) is 79.7 cm³/mol. The Kier molecular flexibility index (Phi) is 3.79. The summed E-state index contributed by atoms with van der Waals surface area (Å²) in [6, 6.07) is 4.51. The summed E-state index contributed by atoms with van der Waals surface area (Å²) >= 11 is 3.25. The SMILES string of the molecule is Nc1ccc(S(=O)(=O)NC2CCOC2C2CC2)cc1Br. The Morgan fingerprint density at radius 1 is 1.30 bits per heavy atom. The zero-order valence-electron chi connectivity index (χ0n) is 10.9. The Morgan fingerprint density at radius 3 is 2.70 bits per heavy atom. The molecule has 7 heteroatoms. The van der Waals surface area contributed by atoms with Crippen LogP contribution in [0.1, 0.15) is 19.3 Å². The molecule has 5 nitrogen and oxygen atoms in total. The number of sulfonamides is 1. The average Bonchev–Trinajstić information content (AvgIpc) is 3.14. The van der Waals surface area contributed by atoms with Crippen LogP contribution in [0, 0.1) is 5.92 Å². The molecule has 1 saturated carbocycles. The Morgan fingerprint density at radius 2 is 2.05 bits per heavy atom. The smallest absolute Gasteiger partial charge is 0.240 e. The molecule has 2 fully saturated rings. The zero-order chi connectivity index (χ0) is 14.3. The number of benzene rings is 1. The minimum atomic E-state index is -3.54. The van der Waals surface area contributed by atoms with Crippen molar-refractivity contribution in [3.8, 4) is 0 Å². The van der Waals surface area contributed by atoms with Crippen LogP contribution in [0.2, 0.25) is 0 Å². The topological polar surface area (TPSA) is 81.4 Å². The molecule has 2 atom stereocenters. The van der Waals surface area contributed by atoms with Crippen molar-refractivity contribution >= 4 is 31.6 Å². The maximum Gasteiger partial charge on any atom is 0.240 e. The summed E-state index contributed by atoms with van der Waals surface area (Å²) in [6.07, 6.45) is 3.03. The molecule has 0 amide bonds. The number of anilines is 1. The summed E-state index contributed by atoms with van der Waals surface area (Å²) in [5, 5.41) is 0. The van der Waals surface area contributed by atoms with Crippen LogP contribution in [0.4, 0.5) is 5.69 Å². The number of hydrogen-bond acceptors (Lipinski definition) is 4. The molecule has 1 heterocycles. The molecule has 1 aromatic carbocycles. The van der Waals surface area contributed by atoms with Crippen molar-refractivity contribution in [2.24, 2.45) is 5.92 Å². The monoisotopic (exact) mass is 360 g/mol. The summed E-state index contributed by atoms with van der Waals surface area (Å²) < 4.78 is 33.8. The molecule has 1 aliphatic carbocycles. The van der Waals surface area contributed by atoms with Gasteiger partial charge in [0, 0.05) is 16.8 Å². The first-order valence-electron chi connectivity index (χ1n) is 6.66. The van der Waals surface area contributed by atoms with Gasteiger partial charge in [0.25, 0.3) is 0 Å². The van der Waals surface area contributed by atoms with Crippen molar-refractivity contribution in [2.75, 3.05) is 12.3 Å². The summed E-state index contributed by atoms with van der Waals surface area (Å²) in [7, 11) is -3.54. The lowest BCUT2D eigenvalue weighted by Gasteiger charge is -2.19. The molecule has 0 radical (unpaired) electrons. The molecule has 1 aliphatic heterocycles. The number of rotatable bonds is 4. The van der Waals surface area contributed by atoms with Gasteiger partial charge in [0.1, 0.15) is 0 Å². The van der Waals surface area contributed by atoms with Gasteiger partial charge < -0.3 is 10.5 Å². The van der Waals surface area contributed by atoms with Crippen LogP contribution in [0.25, 0.3) is 0 Å². The van der Waals surface area contributed by atoms with Crippen LogP contribution in [0.5, 0.6) is 0 Å². The van der Waals surface area contributed by atoms with Crippen molar-refractivity contribution in [2.45, 2.75) is 36.3 Å². The van der Waals surface area contributed by atoms with Gasteiger partial charge in [-0.3, -0.25) is 0 Å². The van der Waals surface area contributed by atoms with Crippen LogP contribution in [-0.4, -0.2) is 27.2 Å². The highest BCUT2D eigenvalue weighted by atomic mass is 79.9. The molecule has 2 aliphatic rings. The van der Waals surface area contributed by atoms with Gasteiger partial charge >= 0.3 is 0 Å². The Balaban J connectivity index is 1.79. The molecule has 0 spiro atoms. The zero-order valence-corrected chi connectivity index (χ0v) is 13.3. The second kappa shape index (κ2) is 5.29. The van der Waals surface area contributed by atoms with Crippen LogP contribution in [-0.2, 0) is 14.8 Å². The van der Waals surface area contributed by atoms with Crippen LogP contribution >= 0.6 is 15.9 Å². The van der Waals surface area contributed by atoms with E-state index in [1.54, 1.807) is 6.07 Å². The van der Waals surface area contributed by atoms with Crippen LogP contribution < -0.4 is 10.5 Å². The van der Waals surface area contributed by atoms with E-state index in [0.717, 1.165) is 19.3 Å². The number of nitrogen functional groups attached to an aromatic ring is 1. The molecule has 0 aromatic heterocycles. The first-order valence-corrected chi connectivity index (χ1v) is 8.94. The highest BCUT2D eigenvalue weighted by Crippen LogP contribution is 2.39. The lowest BCUT2D eigenvalue weighted by Crippen LogP contribution is -2.41. The van der Waals surface area contributed by atoms with E-state index in [4.69, 9.17) is 10.5 Å². The van der Waals surface area contributed by atoms with E-state index in [2.05, 4.69) is 20.7 Å². The van der Waals surface area contributed by atoms with E-state index in [-0.39, 0.29) is 17.0 Å². The number of nitrogens with one attached hydrogen (secondary N) is 1. The van der Waals surface area contributed by atoms with E-state index >= 15 is 0 Å². The predicted octanol–water partition coefficient (Wildman–Crippen LogP) is 1.88. The Bertz CT molecular complexity index is 616. The number of nitrogens with two attached hydrogens (primary N) is 1. The maximum atomic E-state index is 12.4. The summed E-state index contributed by atoms with van der Waals surface area (Å²) in [5.41, 5.74) is 6.20. The number of halogens is 1. The van der Waals surface area contributed by atoms with Gasteiger partial charge in [-0.1, -0.05) is 0 Å². The number of ether oxygens (including phenoxy) is 1. The summed E-state index contributed by atoms with van der Waals surface area (Å²) in [5.74, 6) is 0.517. The molecular weight excluding hydrogens is 344 g/mol. The van der Waals surface area contributed by atoms with E-state index in [9.17, 15) is 8.42 Å². The lowest BCUT2D eigenvalue weighted by atomic mass is 10.1. The Hall–Kier alpha value is -0.630. The molecule has 110 valence electrons. The third-order valence-corrected chi connectivity index (χ3v) is 5.99. The molecular formula is C13H17BrN2O3S. The first kappa shape index (κ1) is 14.3. The largest absolute Gasteiger partial charge is 0.398 e. The van der Waals surface area contributed by atoms with Gasteiger partial charge in [-0.15, -0.1) is 0 Å². The summed E-state index contributed by atoms with van der Waals surface area (Å²) in [4.78, 5) is 0.222. The highest BCUT2D eigenvalue weighted by molar-refractivity contribution is 9.10. The third kappa shape index (κ3) is 2.86. The molecule has 3 rings (SSSR count). The average molecular weight is 361 g/mol. The van der Waals surface area contributed by atoms with Crippen molar-refractivity contribution < 1.29 is 13.2 Å². The van der Waals surface area contributed by atoms with Crippen molar-refractivity contribution in [1.29, 1.82) is 0 Å². The maximum absolute atomic E-state index is 12.4. The molecule has 0 bridgehead atoms. The number of hydrogen-bond donors (Lipinski definition) is 2. The minimum Gasteiger partial charge on any atom is -0.398 e. The molecule has 2 unspecified atom stereocenters. The second-order valence-corrected chi connectivity index (χ2v) is 7.94. The van der Waals surface area contributed by atoms with Gasteiger partial charge in [0.05, 0.1) is 17.0 Å². The lowest BCUT2D eigenvalue weighted by molar-refractivity contribution is 0.0848. The minimum absolute atomic E-state index is 0.0296. The normalized spacial score (nSPS) is 26.9. The van der Waals surface area contributed by atoms with Crippen LogP contribution in [0.15, 0.2) is 27.6 Å². The molecule has 3 N–H and O–H groups in total. The van der Waals surface area contributed by atoms with Gasteiger partial charge in [-0.25, -0.2) is 13.1 Å². The van der Waals surface area contributed by atoms with Gasteiger partial charge in [0.2, 0.25) is 10.0 Å². The van der Waals surface area contributed by atoms with E-state index < -0.39 is 10.0 Å².